The summed E-state index contributed by atoms with van der Waals surface area (Å²) in [6.07, 6.45) is 0. The van der Waals surface area contributed by atoms with Crippen molar-refractivity contribution in [1.29, 1.82) is 0 Å². The van der Waals surface area contributed by atoms with Gasteiger partial charge in [-0.05, 0) is 50.5 Å². The summed E-state index contributed by atoms with van der Waals surface area (Å²) in [5, 5.41) is 0. The predicted molar refractivity (Wildman–Crippen MR) is 76.7 cm³/mol. The van der Waals surface area contributed by atoms with Gasteiger partial charge >= 0.3 is 0 Å². The van der Waals surface area contributed by atoms with E-state index < -0.39 is 0 Å². The number of furan rings is 1. The van der Waals surface area contributed by atoms with Crippen molar-refractivity contribution in [2.24, 2.45) is 5.73 Å². The summed E-state index contributed by atoms with van der Waals surface area (Å²) in [7, 11) is 1.68. The fraction of sp³-hybridized carbons (Fsp3) is 0.375. The van der Waals surface area contributed by atoms with Crippen molar-refractivity contribution in [1.82, 2.24) is 0 Å². The second-order valence-corrected chi connectivity index (χ2v) is 4.96. The zero-order valence-corrected chi connectivity index (χ0v) is 12.2. The Bertz CT molecular complexity index is 599. The first-order chi connectivity index (χ1) is 8.95. The van der Waals surface area contributed by atoms with E-state index >= 15 is 0 Å². The molecule has 3 heteroatoms. The maximum absolute atomic E-state index is 6.39. The van der Waals surface area contributed by atoms with Gasteiger partial charge in [-0.15, -0.1) is 0 Å². The van der Waals surface area contributed by atoms with E-state index in [0.717, 1.165) is 39.5 Å². The highest BCUT2D eigenvalue weighted by molar-refractivity contribution is 5.44. The number of aryl methyl sites for hydroxylation is 3. The largest absolute Gasteiger partial charge is 0.496 e. The minimum atomic E-state index is -0.165. The van der Waals surface area contributed by atoms with Crippen molar-refractivity contribution >= 4 is 0 Å². The summed E-state index contributed by atoms with van der Waals surface area (Å²) in [4.78, 5) is 0. The molecule has 0 fully saturated rings. The van der Waals surface area contributed by atoms with Crippen LogP contribution in [0.3, 0.4) is 0 Å². The van der Waals surface area contributed by atoms with Gasteiger partial charge in [-0.25, -0.2) is 0 Å². The Hall–Kier alpha value is -1.74. The second-order valence-electron chi connectivity index (χ2n) is 4.96. The highest BCUT2D eigenvalue weighted by Crippen LogP contribution is 2.31. The van der Waals surface area contributed by atoms with Crippen LogP contribution in [-0.2, 0) is 0 Å². The summed E-state index contributed by atoms with van der Waals surface area (Å²) < 4.78 is 10.9. The van der Waals surface area contributed by atoms with E-state index in [9.17, 15) is 0 Å². The number of methoxy groups -OCH3 is 1. The molecule has 0 radical (unpaired) electrons. The van der Waals surface area contributed by atoms with E-state index in [4.69, 9.17) is 14.9 Å². The van der Waals surface area contributed by atoms with Crippen LogP contribution in [0.1, 0.15) is 39.8 Å². The van der Waals surface area contributed by atoms with E-state index in [1.54, 1.807) is 7.11 Å². The molecule has 19 heavy (non-hydrogen) atoms. The van der Waals surface area contributed by atoms with Crippen molar-refractivity contribution in [3.8, 4) is 5.75 Å². The van der Waals surface area contributed by atoms with Gasteiger partial charge in [0.05, 0.1) is 13.2 Å². The minimum Gasteiger partial charge on any atom is -0.496 e. The fourth-order valence-corrected chi connectivity index (χ4v) is 2.53. The topological polar surface area (TPSA) is 48.4 Å². The van der Waals surface area contributed by atoms with Crippen LogP contribution in [0.15, 0.2) is 22.6 Å². The van der Waals surface area contributed by atoms with Crippen molar-refractivity contribution in [2.75, 3.05) is 7.11 Å². The zero-order valence-electron chi connectivity index (χ0n) is 12.2. The van der Waals surface area contributed by atoms with E-state index in [2.05, 4.69) is 13.0 Å². The average Bonchev–Trinajstić information content (AvgIpc) is 2.62. The first-order valence-electron chi connectivity index (χ1n) is 6.42. The number of rotatable bonds is 3. The summed E-state index contributed by atoms with van der Waals surface area (Å²) in [5.74, 6) is 2.72. The second kappa shape index (κ2) is 5.10. The summed E-state index contributed by atoms with van der Waals surface area (Å²) >= 11 is 0. The van der Waals surface area contributed by atoms with Crippen molar-refractivity contribution in [3.05, 3.63) is 52.0 Å². The van der Waals surface area contributed by atoms with Gasteiger partial charge in [-0.2, -0.15) is 0 Å². The van der Waals surface area contributed by atoms with Crippen LogP contribution in [0.25, 0.3) is 0 Å². The number of hydrogen-bond donors (Lipinski definition) is 1. The van der Waals surface area contributed by atoms with E-state index in [1.165, 1.54) is 0 Å². The molecule has 0 saturated carbocycles. The molecule has 2 aromatic rings. The van der Waals surface area contributed by atoms with Crippen molar-refractivity contribution in [2.45, 2.75) is 33.7 Å². The number of hydrogen-bond acceptors (Lipinski definition) is 3. The Morgan fingerprint density at radius 3 is 2.26 bits per heavy atom. The van der Waals surface area contributed by atoms with Crippen LogP contribution in [0.4, 0.5) is 0 Å². The molecule has 1 atom stereocenters. The van der Waals surface area contributed by atoms with Crippen LogP contribution in [0, 0.1) is 27.7 Å². The van der Waals surface area contributed by atoms with Gasteiger partial charge in [0.25, 0.3) is 0 Å². The Balaban J connectivity index is 2.44. The Morgan fingerprint density at radius 1 is 1.11 bits per heavy atom. The quantitative estimate of drug-likeness (QED) is 0.916. The number of ether oxygens (including phenoxy) is 1. The lowest BCUT2D eigenvalue weighted by atomic mass is 9.95. The van der Waals surface area contributed by atoms with Crippen LogP contribution in [-0.4, -0.2) is 7.11 Å². The normalized spacial score (nSPS) is 12.5. The Kier molecular flexibility index (Phi) is 3.67. The summed E-state index contributed by atoms with van der Waals surface area (Å²) in [6, 6.07) is 5.88. The van der Waals surface area contributed by atoms with Crippen molar-refractivity contribution < 1.29 is 9.15 Å². The van der Waals surface area contributed by atoms with Crippen LogP contribution >= 0.6 is 0 Å². The molecule has 0 spiro atoms. The molecule has 102 valence electrons. The number of benzene rings is 1. The minimum absolute atomic E-state index is 0.165. The standard InChI is InChI=1S/C16H21NO2/c1-9-8-13(6-7-14(9)18-5)16(17)15-10(2)11(3)19-12(15)4/h6-8,16H,17H2,1-5H3. The molecule has 0 bridgehead atoms. The zero-order chi connectivity index (χ0) is 14.2. The van der Waals surface area contributed by atoms with Crippen LogP contribution < -0.4 is 10.5 Å². The molecule has 1 heterocycles. The maximum atomic E-state index is 6.39. The SMILES string of the molecule is COc1ccc(C(N)c2c(C)oc(C)c2C)cc1C. The molecule has 1 aromatic carbocycles. The average molecular weight is 259 g/mol. The molecule has 1 aromatic heterocycles. The number of nitrogens with two attached hydrogens (primary N) is 1. The van der Waals surface area contributed by atoms with Gasteiger partial charge in [0.2, 0.25) is 0 Å². The third-order valence-corrected chi connectivity index (χ3v) is 3.71. The molecule has 0 aliphatic rings. The lowest BCUT2D eigenvalue weighted by Gasteiger charge is -2.15. The lowest BCUT2D eigenvalue weighted by molar-refractivity contribution is 0.411. The molecule has 2 N–H and O–H groups in total. The molecule has 0 saturated heterocycles. The molecule has 0 aliphatic carbocycles. The summed E-state index contributed by atoms with van der Waals surface area (Å²) in [6.45, 7) is 8.01. The highest BCUT2D eigenvalue weighted by atomic mass is 16.5. The van der Waals surface area contributed by atoms with Gasteiger partial charge in [0.1, 0.15) is 17.3 Å². The molecule has 2 rings (SSSR count). The van der Waals surface area contributed by atoms with Gasteiger partial charge in [-0.3, -0.25) is 0 Å². The van der Waals surface area contributed by atoms with Crippen molar-refractivity contribution in [3.63, 3.8) is 0 Å². The van der Waals surface area contributed by atoms with Gasteiger partial charge in [0, 0.05) is 5.56 Å². The first kappa shape index (κ1) is 13.7. The Labute approximate surface area is 114 Å². The molecule has 1 unspecified atom stereocenters. The monoisotopic (exact) mass is 259 g/mol. The summed E-state index contributed by atoms with van der Waals surface area (Å²) in [5.41, 5.74) is 10.8. The molecular formula is C16H21NO2. The van der Waals surface area contributed by atoms with E-state index in [0.29, 0.717) is 0 Å². The third-order valence-electron chi connectivity index (χ3n) is 3.71. The van der Waals surface area contributed by atoms with E-state index in [1.807, 2.05) is 32.9 Å². The lowest BCUT2D eigenvalue weighted by Crippen LogP contribution is -2.13. The first-order valence-corrected chi connectivity index (χ1v) is 6.42. The fourth-order valence-electron chi connectivity index (χ4n) is 2.53. The van der Waals surface area contributed by atoms with Gasteiger partial charge < -0.3 is 14.9 Å². The molecular weight excluding hydrogens is 238 g/mol. The highest BCUT2D eigenvalue weighted by Gasteiger charge is 2.19. The smallest absolute Gasteiger partial charge is 0.121 e. The molecule has 3 nitrogen and oxygen atoms in total. The Morgan fingerprint density at radius 2 is 1.79 bits per heavy atom. The third kappa shape index (κ3) is 2.38. The van der Waals surface area contributed by atoms with Crippen LogP contribution in [0.2, 0.25) is 0 Å². The van der Waals surface area contributed by atoms with E-state index in [-0.39, 0.29) is 6.04 Å². The van der Waals surface area contributed by atoms with Gasteiger partial charge in [0.15, 0.2) is 0 Å². The molecule has 0 amide bonds. The predicted octanol–water partition coefficient (Wildman–Crippen LogP) is 3.57. The maximum Gasteiger partial charge on any atom is 0.121 e. The van der Waals surface area contributed by atoms with Gasteiger partial charge in [-0.1, -0.05) is 12.1 Å². The van der Waals surface area contributed by atoms with Crippen LogP contribution in [0.5, 0.6) is 5.75 Å². The molecule has 0 aliphatic heterocycles.